The Morgan fingerprint density at radius 1 is 1.48 bits per heavy atom. The number of anilines is 1. The highest BCUT2D eigenvalue weighted by Gasteiger charge is 2.05. The van der Waals surface area contributed by atoms with Crippen LogP contribution in [0, 0.1) is 6.92 Å². The zero-order chi connectivity index (χ0) is 15.8. The van der Waals surface area contributed by atoms with Gasteiger partial charge in [-0.2, -0.15) is 0 Å². The summed E-state index contributed by atoms with van der Waals surface area (Å²) in [5.41, 5.74) is 8.42. The van der Waals surface area contributed by atoms with E-state index in [-0.39, 0.29) is 5.91 Å². The van der Waals surface area contributed by atoms with Gasteiger partial charge in [-0.1, -0.05) is 34.1 Å². The number of carbonyl (C=O) groups is 1. The number of hydrogen-bond donors (Lipinski definition) is 3. The lowest BCUT2D eigenvalue weighted by Gasteiger charge is -2.09. The summed E-state index contributed by atoms with van der Waals surface area (Å²) in [5.74, 6) is 0.251. The van der Waals surface area contributed by atoms with E-state index in [4.69, 9.17) is 5.73 Å². The molecule has 0 radical (unpaired) electrons. The average molecular weight is 353 g/mol. The van der Waals surface area contributed by atoms with Gasteiger partial charge in [0.2, 0.25) is 5.91 Å². The van der Waals surface area contributed by atoms with Crippen LogP contribution in [0.5, 0.6) is 0 Å². The van der Waals surface area contributed by atoms with Crippen molar-refractivity contribution in [2.24, 2.45) is 10.7 Å². The molecule has 0 fully saturated rings. The predicted molar refractivity (Wildman–Crippen MR) is 91.4 cm³/mol. The highest BCUT2D eigenvalue weighted by atomic mass is 79.9. The number of benzene rings is 1. The molecular weight excluding hydrogens is 332 g/mol. The van der Waals surface area contributed by atoms with Gasteiger partial charge < -0.3 is 16.4 Å². The fraction of sp³-hybridized carbons (Fsp3) is 0.333. The normalized spacial score (nSPS) is 11.1. The Kier molecular flexibility index (Phi) is 6.94. The molecular formula is C15H21BrN4O. The zero-order valence-electron chi connectivity index (χ0n) is 12.4. The molecule has 0 aliphatic heterocycles. The van der Waals surface area contributed by atoms with Gasteiger partial charge in [-0.05, 0) is 31.5 Å². The minimum absolute atomic E-state index is 0.0728. The van der Waals surface area contributed by atoms with Crippen molar-refractivity contribution in [2.45, 2.75) is 20.3 Å². The molecule has 0 heterocycles. The third-order valence-corrected chi connectivity index (χ3v) is 3.14. The molecule has 21 heavy (non-hydrogen) atoms. The van der Waals surface area contributed by atoms with E-state index in [1.54, 1.807) is 0 Å². The van der Waals surface area contributed by atoms with E-state index >= 15 is 0 Å². The van der Waals surface area contributed by atoms with Gasteiger partial charge in [0.15, 0.2) is 5.96 Å². The molecule has 1 aromatic rings. The van der Waals surface area contributed by atoms with Gasteiger partial charge in [0.1, 0.15) is 0 Å². The minimum atomic E-state index is -0.0728. The maximum absolute atomic E-state index is 11.9. The van der Waals surface area contributed by atoms with Crippen molar-refractivity contribution >= 4 is 33.5 Å². The highest BCUT2D eigenvalue weighted by molar-refractivity contribution is 9.10. The summed E-state index contributed by atoms with van der Waals surface area (Å²) >= 11 is 3.38. The Hall–Kier alpha value is -1.82. The van der Waals surface area contributed by atoms with Crippen molar-refractivity contribution in [3.05, 3.63) is 40.4 Å². The number of nitrogens with two attached hydrogens (primary N) is 1. The van der Waals surface area contributed by atoms with E-state index in [1.165, 1.54) is 0 Å². The summed E-state index contributed by atoms with van der Waals surface area (Å²) in [7, 11) is 0. The number of nitrogens with zero attached hydrogens (tertiary/aromatic N) is 1. The molecule has 4 N–H and O–H groups in total. The van der Waals surface area contributed by atoms with Crippen molar-refractivity contribution in [1.82, 2.24) is 5.32 Å². The number of aliphatic imine (C=N–C) groups is 1. The monoisotopic (exact) mass is 352 g/mol. The molecule has 0 saturated heterocycles. The van der Waals surface area contributed by atoms with Gasteiger partial charge in [-0.3, -0.25) is 4.79 Å². The Labute approximate surface area is 133 Å². The molecule has 0 aromatic heterocycles. The van der Waals surface area contributed by atoms with Crippen LogP contribution in [0.2, 0.25) is 0 Å². The third-order valence-electron chi connectivity index (χ3n) is 2.65. The fourth-order valence-corrected chi connectivity index (χ4v) is 1.88. The molecule has 0 atom stereocenters. The predicted octanol–water partition coefficient (Wildman–Crippen LogP) is 2.57. The summed E-state index contributed by atoms with van der Waals surface area (Å²) in [5, 5.41) is 5.77. The maximum Gasteiger partial charge on any atom is 0.226 e. The zero-order valence-corrected chi connectivity index (χ0v) is 14.0. The second-order valence-electron chi connectivity index (χ2n) is 4.84. The number of carbonyl (C=O) groups excluding carboxylic acids is 1. The lowest BCUT2D eigenvalue weighted by atomic mass is 10.2. The van der Waals surface area contributed by atoms with Gasteiger partial charge in [0.05, 0.1) is 6.54 Å². The summed E-state index contributed by atoms with van der Waals surface area (Å²) in [6, 6.07) is 5.76. The molecule has 1 aromatic carbocycles. The molecule has 5 nitrogen and oxygen atoms in total. The summed E-state index contributed by atoms with van der Waals surface area (Å²) < 4.78 is 0.928. The molecule has 6 heteroatoms. The largest absolute Gasteiger partial charge is 0.370 e. The standard InChI is InChI=1S/C15H21BrN4O/c1-10(2)9-19-15(17)18-7-6-14(21)20-13-8-12(16)5-4-11(13)3/h4-5,8H,1,6-7,9H2,2-3H3,(H,20,21)(H3,17,18,19). The van der Waals surface area contributed by atoms with Crippen molar-refractivity contribution < 1.29 is 4.79 Å². The number of hydrogen-bond acceptors (Lipinski definition) is 2. The van der Waals surface area contributed by atoms with Gasteiger partial charge in [-0.25, -0.2) is 4.99 Å². The van der Waals surface area contributed by atoms with Crippen LogP contribution >= 0.6 is 15.9 Å². The lowest BCUT2D eigenvalue weighted by Crippen LogP contribution is -2.34. The number of halogens is 1. The van der Waals surface area contributed by atoms with Crippen LogP contribution < -0.4 is 16.4 Å². The van der Waals surface area contributed by atoms with Crippen LogP contribution in [-0.4, -0.2) is 25.0 Å². The number of aryl methyl sites for hydroxylation is 1. The smallest absolute Gasteiger partial charge is 0.226 e. The Morgan fingerprint density at radius 2 is 2.19 bits per heavy atom. The molecule has 0 saturated carbocycles. The van der Waals surface area contributed by atoms with Crippen LogP contribution in [0.4, 0.5) is 5.69 Å². The highest BCUT2D eigenvalue weighted by Crippen LogP contribution is 2.20. The molecule has 0 aliphatic carbocycles. The topological polar surface area (TPSA) is 79.5 Å². The summed E-state index contributed by atoms with van der Waals surface area (Å²) in [6.45, 7) is 8.49. The minimum Gasteiger partial charge on any atom is -0.370 e. The first-order valence-corrected chi connectivity index (χ1v) is 7.42. The van der Waals surface area contributed by atoms with Crippen LogP contribution in [0.15, 0.2) is 39.8 Å². The molecule has 0 aliphatic rings. The Morgan fingerprint density at radius 3 is 2.86 bits per heavy atom. The van der Waals surface area contributed by atoms with Crippen LogP contribution in [0.25, 0.3) is 0 Å². The van der Waals surface area contributed by atoms with E-state index in [1.807, 2.05) is 32.0 Å². The van der Waals surface area contributed by atoms with Crippen LogP contribution in [0.1, 0.15) is 18.9 Å². The quantitative estimate of drug-likeness (QED) is 0.418. The fourth-order valence-electron chi connectivity index (χ4n) is 1.52. The second-order valence-corrected chi connectivity index (χ2v) is 5.76. The molecule has 114 valence electrons. The molecule has 1 amide bonds. The Balaban J connectivity index is 2.39. The first-order valence-electron chi connectivity index (χ1n) is 6.62. The number of amides is 1. The maximum atomic E-state index is 11.9. The summed E-state index contributed by atoms with van der Waals surface area (Å²) in [4.78, 5) is 15.9. The van der Waals surface area contributed by atoms with E-state index in [0.29, 0.717) is 25.5 Å². The third kappa shape index (κ3) is 6.94. The van der Waals surface area contributed by atoms with Crippen molar-refractivity contribution in [2.75, 3.05) is 18.4 Å². The average Bonchev–Trinajstić information content (AvgIpc) is 2.40. The van der Waals surface area contributed by atoms with Crippen molar-refractivity contribution in [3.63, 3.8) is 0 Å². The summed E-state index contributed by atoms with van der Waals surface area (Å²) in [6.07, 6.45) is 0.315. The van der Waals surface area contributed by atoms with Gasteiger partial charge in [-0.15, -0.1) is 0 Å². The molecule has 0 bridgehead atoms. The van der Waals surface area contributed by atoms with E-state index in [0.717, 1.165) is 21.3 Å². The number of guanidine groups is 1. The first-order chi connectivity index (χ1) is 9.88. The molecule has 1 rings (SSSR count). The number of rotatable bonds is 6. The first kappa shape index (κ1) is 17.2. The Bertz CT molecular complexity index is 555. The molecule has 0 spiro atoms. The van der Waals surface area contributed by atoms with Gasteiger partial charge in [0, 0.05) is 23.1 Å². The number of nitrogens with one attached hydrogen (secondary N) is 2. The van der Waals surface area contributed by atoms with Crippen LogP contribution in [0.3, 0.4) is 0 Å². The van der Waals surface area contributed by atoms with Crippen LogP contribution in [-0.2, 0) is 4.79 Å². The van der Waals surface area contributed by atoms with E-state index < -0.39 is 0 Å². The van der Waals surface area contributed by atoms with Crippen molar-refractivity contribution in [3.8, 4) is 0 Å². The second kappa shape index (κ2) is 8.46. The van der Waals surface area contributed by atoms with E-state index in [2.05, 4.69) is 38.1 Å². The van der Waals surface area contributed by atoms with Gasteiger partial charge >= 0.3 is 0 Å². The van der Waals surface area contributed by atoms with Gasteiger partial charge in [0.25, 0.3) is 0 Å². The SMILES string of the molecule is C=C(C)CN=C(N)NCCC(=O)Nc1cc(Br)ccc1C. The van der Waals surface area contributed by atoms with Crippen molar-refractivity contribution in [1.29, 1.82) is 0 Å². The molecule has 0 unspecified atom stereocenters. The van der Waals surface area contributed by atoms with E-state index in [9.17, 15) is 4.79 Å². The lowest BCUT2D eigenvalue weighted by molar-refractivity contribution is -0.116.